The number of ether oxygens (including phenoxy) is 1. The number of ketones is 1. The van der Waals surface area contributed by atoms with Crippen LogP contribution in [0.25, 0.3) is 0 Å². The van der Waals surface area contributed by atoms with Crippen molar-refractivity contribution in [2.24, 2.45) is 0 Å². The van der Waals surface area contributed by atoms with Gasteiger partial charge in [-0.2, -0.15) is 5.26 Å². The second kappa shape index (κ2) is 9.24. The maximum absolute atomic E-state index is 12.1. The topological polar surface area (TPSA) is 79.2 Å². The fraction of sp³-hybridized carbons (Fsp3) is 0.250. The van der Waals surface area contributed by atoms with Gasteiger partial charge in [0.05, 0.1) is 18.7 Å². The Bertz CT molecular complexity index is 759. The third-order valence-corrected chi connectivity index (χ3v) is 3.79. The molecule has 0 aliphatic rings. The molecule has 2 rings (SSSR count). The summed E-state index contributed by atoms with van der Waals surface area (Å²) in [6.07, 6.45) is 1.14. The average Bonchev–Trinajstić information content (AvgIpc) is 2.66. The number of amides is 1. The first kappa shape index (κ1) is 18.2. The van der Waals surface area contributed by atoms with E-state index >= 15 is 0 Å². The fourth-order valence-corrected chi connectivity index (χ4v) is 2.32. The molecule has 0 fully saturated rings. The minimum atomic E-state index is -0.0908. The summed E-state index contributed by atoms with van der Waals surface area (Å²) < 4.78 is 5.06. The van der Waals surface area contributed by atoms with Crippen molar-refractivity contribution in [3.63, 3.8) is 0 Å². The van der Waals surface area contributed by atoms with Crippen molar-refractivity contribution >= 4 is 11.7 Å². The maximum Gasteiger partial charge on any atom is 0.220 e. The number of nitrogens with zero attached hydrogens (tertiary/aromatic N) is 1. The summed E-state index contributed by atoms with van der Waals surface area (Å²) in [5.74, 6) is 0.633. The molecule has 2 aromatic rings. The molecule has 0 bridgehead atoms. The molecule has 0 heterocycles. The summed E-state index contributed by atoms with van der Waals surface area (Å²) in [6.45, 7) is 0.414. The molecular formula is C20H20N2O3. The van der Waals surface area contributed by atoms with Gasteiger partial charge in [0.25, 0.3) is 0 Å². The molecule has 5 heteroatoms. The molecule has 25 heavy (non-hydrogen) atoms. The summed E-state index contributed by atoms with van der Waals surface area (Å²) in [6, 6.07) is 16.1. The average molecular weight is 336 g/mol. The van der Waals surface area contributed by atoms with Gasteiger partial charge in [0.1, 0.15) is 5.75 Å². The van der Waals surface area contributed by atoms with Crippen molar-refractivity contribution in [1.82, 2.24) is 5.32 Å². The molecule has 1 N–H and O–H groups in total. The molecular weight excluding hydrogens is 316 g/mol. The molecule has 0 spiro atoms. The number of hydrogen-bond donors (Lipinski definition) is 1. The van der Waals surface area contributed by atoms with E-state index in [0.29, 0.717) is 42.7 Å². The normalized spacial score (nSPS) is 9.92. The van der Waals surface area contributed by atoms with E-state index in [1.807, 2.05) is 12.1 Å². The fourth-order valence-electron chi connectivity index (χ4n) is 2.32. The number of nitrogens with one attached hydrogen (secondary N) is 1. The van der Waals surface area contributed by atoms with Crippen molar-refractivity contribution < 1.29 is 14.3 Å². The van der Waals surface area contributed by atoms with Gasteiger partial charge in [-0.05, 0) is 48.4 Å². The predicted molar refractivity (Wildman–Crippen MR) is 94.2 cm³/mol. The van der Waals surface area contributed by atoms with Gasteiger partial charge in [-0.3, -0.25) is 9.59 Å². The highest BCUT2D eigenvalue weighted by molar-refractivity contribution is 5.96. The Labute approximate surface area is 147 Å². The van der Waals surface area contributed by atoms with Crippen molar-refractivity contribution in [2.45, 2.75) is 25.8 Å². The van der Waals surface area contributed by atoms with E-state index in [9.17, 15) is 9.59 Å². The van der Waals surface area contributed by atoms with Crippen molar-refractivity contribution in [3.8, 4) is 11.8 Å². The summed E-state index contributed by atoms with van der Waals surface area (Å²) >= 11 is 0. The zero-order valence-electron chi connectivity index (χ0n) is 14.1. The molecule has 0 unspecified atom stereocenters. The van der Waals surface area contributed by atoms with Crippen LogP contribution in [-0.2, 0) is 11.3 Å². The van der Waals surface area contributed by atoms with Gasteiger partial charge in [-0.25, -0.2) is 0 Å². The quantitative estimate of drug-likeness (QED) is 0.751. The van der Waals surface area contributed by atoms with E-state index in [0.717, 1.165) is 5.56 Å². The third kappa shape index (κ3) is 5.78. The van der Waals surface area contributed by atoms with Gasteiger partial charge >= 0.3 is 0 Å². The van der Waals surface area contributed by atoms with Crippen LogP contribution in [-0.4, -0.2) is 18.8 Å². The molecule has 0 atom stereocenters. The minimum absolute atomic E-state index is 0.0162. The van der Waals surface area contributed by atoms with Crippen LogP contribution in [0.4, 0.5) is 0 Å². The van der Waals surface area contributed by atoms with Gasteiger partial charge in [0.15, 0.2) is 5.78 Å². The first-order valence-corrected chi connectivity index (χ1v) is 8.05. The number of Topliss-reactive ketones (excluding diaryl/α,β-unsaturated/α-hetero) is 1. The number of carbonyl (C=O) groups is 2. The Morgan fingerprint density at radius 3 is 2.32 bits per heavy atom. The lowest BCUT2D eigenvalue weighted by atomic mass is 10.1. The summed E-state index contributed by atoms with van der Waals surface area (Å²) in [5, 5.41) is 11.6. The second-order valence-electron chi connectivity index (χ2n) is 5.59. The van der Waals surface area contributed by atoms with Crippen LogP contribution in [0, 0.1) is 11.3 Å². The number of hydrogen-bond acceptors (Lipinski definition) is 4. The van der Waals surface area contributed by atoms with E-state index in [2.05, 4.69) is 11.4 Å². The smallest absolute Gasteiger partial charge is 0.220 e. The standard InChI is InChI=1S/C20H20N2O3/c1-25-18-11-9-17(10-12-18)19(23)3-2-4-20(24)22-14-16-7-5-15(13-21)6-8-16/h5-12H,2-4,14H2,1H3,(H,22,24). The maximum atomic E-state index is 12.1. The van der Waals surface area contributed by atoms with Crippen molar-refractivity contribution in [3.05, 3.63) is 65.2 Å². The number of methoxy groups -OCH3 is 1. The Morgan fingerprint density at radius 2 is 1.72 bits per heavy atom. The second-order valence-corrected chi connectivity index (χ2v) is 5.59. The van der Waals surface area contributed by atoms with Gasteiger partial charge in [0.2, 0.25) is 5.91 Å². The lowest BCUT2D eigenvalue weighted by Crippen LogP contribution is -2.22. The lowest BCUT2D eigenvalue weighted by molar-refractivity contribution is -0.121. The molecule has 0 saturated carbocycles. The molecule has 0 saturated heterocycles. The highest BCUT2D eigenvalue weighted by atomic mass is 16.5. The van der Waals surface area contributed by atoms with Crippen molar-refractivity contribution in [1.29, 1.82) is 5.26 Å². The number of carbonyl (C=O) groups excluding carboxylic acids is 2. The number of nitriles is 1. The SMILES string of the molecule is COc1ccc(C(=O)CCCC(=O)NCc2ccc(C#N)cc2)cc1. The van der Waals surface area contributed by atoms with Crippen molar-refractivity contribution in [2.75, 3.05) is 7.11 Å². The molecule has 5 nitrogen and oxygen atoms in total. The number of rotatable bonds is 8. The molecule has 0 aliphatic carbocycles. The summed E-state index contributed by atoms with van der Waals surface area (Å²) in [5.41, 5.74) is 2.15. The van der Waals surface area contributed by atoms with Gasteiger partial charge in [-0.1, -0.05) is 12.1 Å². The number of benzene rings is 2. The third-order valence-electron chi connectivity index (χ3n) is 3.79. The summed E-state index contributed by atoms with van der Waals surface area (Å²) in [7, 11) is 1.58. The van der Waals surface area contributed by atoms with Crippen LogP contribution in [0.3, 0.4) is 0 Å². The van der Waals surface area contributed by atoms with E-state index in [4.69, 9.17) is 10.00 Å². The Hall–Kier alpha value is -3.13. The Morgan fingerprint density at radius 1 is 1.04 bits per heavy atom. The van der Waals surface area contributed by atoms with Crippen LogP contribution < -0.4 is 10.1 Å². The van der Waals surface area contributed by atoms with E-state index < -0.39 is 0 Å². The predicted octanol–water partition coefficient (Wildman–Crippen LogP) is 3.24. The molecule has 0 radical (unpaired) electrons. The molecule has 0 aliphatic heterocycles. The zero-order chi connectivity index (χ0) is 18.1. The first-order chi connectivity index (χ1) is 12.1. The van der Waals surface area contributed by atoms with E-state index in [1.165, 1.54) is 0 Å². The van der Waals surface area contributed by atoms with Gasteiger partial charge in [0, 0.05) is 24.9 Å². The highest BCUT2D eigenvalue weighted by Crippen LogP contribution is 2.13. The minimum Gasteiger partial charge on any atom is -0.497 e. The molecule has 128 valence electrons. The Kier molecular flexibility index (Phi) is 6.73. The van der Waals surface area contributed by atoms with Crippen LogP contribution in [0.2, 0.25) is 0 Å². The molecule has 1 amide bonds. The van der Waals surface area contributed by atoms with Gasteiger partial charge in [-0.15, -0.1) is 0 Å². The van der Waals surface area contributed by atoms with Gasteiger partial charge < -0.3 is 10.1 Å². The van der Waals surface area contributed by atoms with E-state index in [1.54, 1.807) is 43.5 Å². The first-order valence-electron chi connectivity index (χ1n) is 8.05. The van der Waals surface area contributed by atoms with E-state index in [-0.39, 0.29) is 11.7 Å². The molecule has 0 aromatic heterocycles. The van der Waals surface area contributed by atoms with Crippen LogP contribution in [0.5, 0.6) is 5.75 Å². The lowest BCUT2D eigenvalue weighted by Gasteiger charge is -2.06. The van der Waals surface area contributed by atoms with Crippen LogP contribution >= 0.6 is 0 Å². The zero-order valence-corrected chi connectivity index (χ0v) is 14.1. The highest BCUT2D eigenvalue weighted by Gasteiger charge is 2.08. The van der Waals surface area contributed by atoms with Crippen LogP contribution in [0.15, 0.2) is 48.5 Å². The molecule has 2 aromatic carbocycles. The largest absolute Gasteiger partial charge is 0.497 e. The monoisotopic (exact) mass is 336 g/mol. The summed E-state index contributed by atoms with van der Waals surface area (Å²) in [4.78, 5) is 23.9. The van der Waals surface area contributed by atoms with Crippen LogP contribution in [0.1, 0.15) is 40.7 Å². The Balaban J connectivity index is 1.70.